The quantitative estimate of drug-likeness (QED) is 0.514. The molecule has 0 saturated carbocycles. The summed E-state index contributed by atoms with van der Waals surface area (Å²) in [6.07, 6.45) is -1.70. The SMILES string of the molecule is NC(=O)OCCOc1ccc(C2CCN(C(=O)[O-])CC2OCc2ccc3ccccc3c2)cc1. The molecule has 0 aliphatic carbocycles. The van der Waals surface area contributed by atoms with E-state index in [4.69, 9.17) is 15.2 Å². The molecule has 34 heavy (non-hydrogen) atoms. The highest BCUT2D eigenvalue weighted by Gasteiger charge is 2.31. The summed E-state index contributed by atoms with van der Waals surface area (Å²) in [6, 6.07) is 21.9. The van der Waals surface area contributed by atoms with Gasteiger partial charge < -0.3 is 34.7 Å². The number of amides is 2. The average Bonchev–Trinajstić information content (AvgIpc) is 2.85. The van der Waals surface area contributed by atoms with E-state index < -0.39 is 12.2 Å². The molecule has 1 fully saturated rings. The fourth-order valence-corrected chi connectivity index (χ4v) is 4.28. The van der Waals surface area contributed by atoms with Crippen LogP contribution in [-0.4, -0.2) is 49.5 Å². The molecule has 0 bridgehead atoms. The molecule has 0 aromatic heterocycles. The maximum atomic E-state index is 11.5. The van der Waals surface area contributed by atoms with Crippen molar-refractivity contribution in [2.75, 3.05) is 26.3 Å². The van der Waals surface area contributed by atoms with Gasteiger partial charge in [0.25, 0.3) is 0 Å². The van der Waals surface area contributed by atoms with Gasteiger partial charge >= 0.3 is 6.09 Å². The van der Waals surface area contributed by atoms with Gasteiger partial charge in [0.2, 0.25) is 0 Å². The van der Waals surface area contributed by atoms with Gasteiger partial charge in [-0.2, -0.15) is 0 Å². The predicted molar refractivity (Wildman–Crippen MR) is 124 cm³/mol. The van der Waals surface area contributed by atoms with Crippen LogP contribution in [0.25, 0.3) is 10.8 Å². The molecular formula is C26H27N2O6-. The highest BCUT2D eigenvalue weighted by atomic mass is 16.6. The van der Waals surface area contributed by atoms with E-state index in [1.165, 1.54) is 4.90 Å². The summed E-state index contributed by atoms with van der Waals surface area (Å²) >= 11 is 0. The van der Waals surface area contributed by atoms with E-state index in [0.29, 0.717) is 25.3 Å². The molecule has 4 rings (SSSR count). The summed E-state index contributed by atoms with van der Waals surface area (Å²) in [6.45, 7) is 1.30. The molecule has 8 heteroatoms. The first-order chi connectivity index (χ1) is 16.5. The molecule has 1 heterocycles. The highest BCUT2D eigenvalue weighted by molar-refractivity contribution is 5.82. The minimum Gasteiger partial charge on any atom is -0.530 e. The number of likely N-dealkylation sites (tertiary alicyclic amines) is 1. The number of carboxylic acid groups (broad SMARTS) is 1. The average molecular weight is 464 g/mol. The van der Waals surface area contributed by atoms with Crippen molar-refractivity contribution in [1.29, 1.82) is 0 Å². The topological polar surface area (TPSA) is 114 Å². The lowest BCUT2D eigenvalue weighted by Gasteiger charge is -2.40. The van der Waals surface area contributed by atoms with Gasteiger partial charge in [0.15, 0.2) is 0 Å². The van der Waals surface area contributed by atoms with Crippen LogP contribution in [0.5, 0.6) is 5.75 Å². The van der Waals surface area contributed by atoms with Gasteiger partial charge in [-0.05, 0) is 46.5 Å². The van der Waals surface area contributed by atoms with E-state index in [1.54, 1.807) is 0 Å². The van der Waals surface area contributed by atoms with Crippen molar-refractivity contribution in [2.45, 2.75) is 25.0 Å². The van der Waals surface area contributed by atoms with E-state index in [-0.39, 0.29) is 31.8 Å². The Hall–Kier alpha value is -3.78. The van der Waals surface area contributed by atoms with E-state index in [2.05, 4.69) is 29.0 Å². The minimum absolute atomic E-state index is 0.0308. The Bertz CT molecular complexity index is 1130. The number of piperidine rings is 1. The van der Waals surface area contributed by atoms with Crippen molar-refractivity contribution in [3.8, 4) is 5.75 Å². The second-order valence-electron chi connectivity index (χ2n) is 8.22. The zero-order valence-electron chi connectivity index (χ0n) is 18.7. The number of nitrogens with zero attached hydrogens (tertiary/aromatic N) is 1. The number of carbonyl (C=O) groups excluding carboxylic acids is 2. The van der Waals surface area contributed by atoms with Crippen LogP contribution >= 0.6 is 0 Å². The fourth-order valence-electron chi connectivity index (χ4n) is 4.28. The molecule has 1 saturated heterocycles. The van der Waals surface area contributed by atoms with E-state index in [9.17, 15) is 14.7 Å². The van der Waals surface area contributed by atoms with Crippen LogP contribution in [0.1, 0.15) is 23.5 Å². The summed E-state index contributed by atoms with van der Waals surface area (Å²) in [5.41, 5.74) is 7.01. The lowest BCUT2D eigenvalue weighted by atomic mass is 9.87. The van der Waals surface area contributed by atoms with Gasteiger partial charge in [0.1, 0.15) is 25.1 Å². The standard InChI is InChI=1S/C26H28N2O6/c27-25(29)33-14-13-32-22-9-7-20(8-10-22)23-11-12-28(26(30)31)16-24(23)34-17-18-5-6-19-3-1-2-4-21(19)15-18/h1-10,15,23-24H,11-14,16-17H2,(H2,27,29)(H,30,31)/p-1. The molecule has 1 aliphatic rings. The van der Waals surface area contributed by atoms with Gasteiger partial charge in [-0.25, -0.2) is 4.79 Å². The molecule has 2 atom stereocenters. The summed E-state index contributed by atoms with van der Waals surface area (Å²) in [7, 11) is 0. The molecule has 2 unspecified atom stereocenters. The zero-order valence-corrected chi connectivity index (χ0v) is 18.7. The summed E-state index contributed by atoms with van der Waals surface area (Å²) in [4.78, 5) is 23.4. The first-order valence-electron chi connectivity index (χ1n) is 11.2. The molecule has 0 spiro atoms. The zero-order chi connectivity index (χ0) is 23.9. The Morgan fingerprint density at radius 2 is 1.76 bits per heavy atom. The highest BCUT2D eigenvalue weighted by Crippen LogP contribution is 2.32. The van der Waals surface area contributed by atoms with Crippen LogP contribution in [0.15, 0.2) is 66.7 Å². The van der Waals surface area contributed by atoms with E-state index in [0.717, 1.165) is 21.9 Å². The number of hydrogen-bond donors (Lipinski definition) is 1. The van der Waals surface area contributed by atoms with Gasteiger partial charge in [0.05, 0.1) is 12.7 Å². The summed E-state index contributed by atoms with van der Waals surface area (Å²) < 4.78 is 16.5. The second-order valence-corrected chi connectivity index (χ2v) is 8.22. The van der Waals surface area contributed by atoms with Crippen molar-refractivity contribution in [2.24, 2.45) is 5.73 Å². The number of ether oxygens (including phenoxy) is 3. The first-order valence-corrected chi connectivity index (χ1v) is 11.2. The third kappa shape index (κ3) is 5.96. The molecule has 3 aromatic rings. The van der Waals surface area contributed by atoms with Crippen LogP contribution < -0.4 is 15.6 Å². The van der Waals surface area contributed by atoms with Crippen molar-refractivity contribution >= 4 is 23.0 Å². The van der Waals surface area contributed by atoms with Crippen molar-refractivity contribution < 1.29 is 28.9 Å². The Morgan fingerprint density at radius 3 is 2.50 bits per heavy atom. The summed E-state index contributed by atoms with van der Waals surface area (Å²) in [5.74, 6) is 0.668. The van der Waals surface area contributed by atoms with Gasteiger partial charge in [-0.3, -0.25) is 0 Å². The molecule has 178 valence electrons. The third-order valence-electron chi connectivity index (χ3n) is 6.00. The van der Waals surface area contributed by atoms with Crippen molar-refractivity contribution in [3.63, 3.8) is 0 Å². The lowest BCUT2D eigenvalue weighted by Crippen LogP contribution is -2.51. The lowest BCUT2D eigenvalue weighted by molar-refractivity contribution is -0.268. The van der Waals surface area contributed by atoms with Crippen molar-refractivity contribution in [3.05, 3.63) is 77.9 Å². The Labute approximate surface area is 197 Å². The molecule has 2 amide bonds. The Morgan fingerprint density at radius 1 is 1.00 bits per heavy atom. The van der Waals surface area contributed by atoms with Crippen LogP contribution in [0, 0.1) is 0 Å². The minimum atomic E-state index is -1.18. The second kappa shape index (κ2) is 10.9. The van der Waals surface area contributed by atoms with Gasteiger partial charge in [-0.1, -0.05) is 48.5 Å². The number of benzene rings is 3. The molecule has 1 aliphatic heterocycles. The number of nitrogens with two attached hydrogens (primary N) is 1. The monoisotopic (exact) mass is 463 g/mol. The van der Waals surface area contributed by atoms with E-state index in [1.807, 2.05) is 42.5 Å². The molecule has 8 nitrogen and oxygen atoms in total. The smallest absolute Gasteiger partial charge is 0.404 e. The number of fused-ring (bicyclic) bond motifs is 1. The largest absolute Gasteiger partial charge is 0.530 e. The fraction of sp³-hybridized carbons (Fsp3) is 0.308. The van der Waals surface area contributed by atoms with Crippen LogP contribution in [0.2, 0.25) is 0 Å². The molecule has 2 N–H and O–H groups in total. The number of hydrogen-bond acceptors (Lipinski definition) is 6. The third-order valence-corrected chi connectivity index (χ3v) is 6.00. The predicted octanol–water partition coefficient (Wildman–Crippen LogP) is 3.03. The first kappa shape index (κ1) is 23.4. The number of rotatable bonds is 8. The van der Waals surface area contributed by atoms with Crippen molar-refractivity contribution in [1.82, 2.24) is 4.90 Å². The summed E-state index contributed by atoms with van der Waals surface area (Å²) in [5, 5.41) is 13.8. The Kier molecular flexibility index (Phi) is 7.49. The maximum Gasteiger partial charge on any atom is 0.404 e. The number of carbonyl (C=O) groups is 2. The maximum absolute atomic E-state index is 11.5. The Balaban J connectivity index is 1.43. The molecule has 0 radical (unpaired) electrons. The van der Waals surface area contributed by atoms with Gasteiger partial charge in [0, 0.05) is 19.0 Å². The molecule has 3 aromatic carbocycles. The van der Waals surface area contributed by atoms with Crippen LogP contribution in [-0.2, 0) is 16.1 Å². The number of primary amides is 1. The van der Waals surface area contributed by atoms with E-state index >= 15 is 0 Å². The van der Waals surface area contributed by atoms with Crippen LogP contribution in [0.3, 0.4) is 0 Å². The van der Waals surface area contributed by atoms with Crippen LogP contribution in [0.4, 0.5) is 9.59 Å². The normalized spacial score (nSPS) is 17.9. The molecular weight excluding hydrogens is 436 g/mol. The van der Waals surface area contributed by atoms with Gasteiger partial charge in [-0.15, -0.1) is 0 Å².